The molecule has 1 amide bonds. The third-order valence-corrected chi connectivity index (χ3v) is 4.78. The van der Waals surface area contributed by atoms with E-state index in [9.17, 15) is 18.0 Å². The lowest BCUT2D eigenvalue weighted by atomic mass is 10.2. The summed E-state index contributed by atoms with van der Waals surface area (Å²) in [7, 11) is 0. The number of nitrogens with zero attached hydrogens (tertiary/aromatic N) is 2. The van der Waals surface area contributed by atoms with Gasteiger partial charge in [0, 0.05) is 12.5 Å². The van der Waals surface area contributed by atoms with E-state index in [2.05, 4.69) is 20.0 Å². The van der Waals surface area contributed by atoms with Gasteiger partial charge in [-0.25, -0.2) is 9.97 Å². The van der Waals surface area contributed by atoms with Crippen molar-refractivity contribution >= 4 is 22.9 Å². The third-order valence-electron chi connectivity index (χ3n) is 3.62. The van der Waals surface area contributed by atoms with Crippen LogP contribution in [0.3, 0.4) is 0 Å². The van der Waals surface area contributed by atoms with Crippen molar-refractivity contribution in [2.75, 3.05) is 11.9 Å². The van der Waals surface area contributed by atoms with Gasteiger partial charge in [0.25, 0.3) is 5.91 Å². The van der Waals surface area contributed by atoms with Crippen molar-refractivity contribution in [3.8, 4) is 5.88 Å². The lowest BCUT2D eigenvalue weighted by Crippen LogP contribution is -2.19. The van der Waals surface area contributed by atoms with Crippen LogP contribution in [0, 0.1) is 6.92 Å². The molecule has 2 aromatic heterocycles. The van der Waals surface area contributed by atoms with Gasteiger partial charge in [-0.2, -0.15) is 13.2 Å². The average molecular weight is 407 g/mol. The fraction of sp³-hybridized carbons (Fsp3) is 0.211. The van der Waals surface area contributed by atoms with E-state index < -0.39 is 12.8 Å². The van der Waals surface area contributed by atoms with E-state index >= 15 is 0 Å². The van der Waals surface area contributed by atoms with Gasteiger partial charge in [-0.15, -0.1) is 11.3 Å². The number of aryl methyl sites for hydroxylation is 1. The van der Waals surface area contributed by atoms with E-state index in [0.29, 0.717) is 22.7 Å². The van der Waals surface area contributed by atoms with Crippen LogP contribution in [0.4, 0.5) is 18.9 Å². The predicted molar refractivity (Wildman–Crippen MR) is 99.8 cm³/mol. The minimum absolute atomic E-state index is 0.172. The predicted octanol–water partition coefficient (Wildman–Crippen LogP) is 4.63. The Balaban J connectivity index is 1.63. The quantitative estimate of drug-likeness (QED) is 0.647. The Morgan fingerprint density at radius 3 is 2.57 bits per heavy atom. The molecule has 0 atom stereocenters. The summed E-state index contributed by atoms with van der Waals surface area (Å²) in [4.78, 5) is 21.2. The maximum absolute atomic E-state index is 12.5. The number of benzene rings is 1. The molecule has 3 rings (SSSR count). The van der Waals surface area contributed by atoms with Crippen molar-refractivity contribution in [1.29, 1.82) is 0 Å². The normalized spacial score (nSPS) is 11.3. The highest BCUT2D eigenvalue weighted by molar-refractivity contribution is 7.14. The zero-order valence-corrected chi connectivity index (χ0v) is 15.6. The van der Waals surface area contributed by atoms with Crippen molar-refractivity contribution in [3.05, 3.63) is 69.8 Å². The van der Waals surface area contributed by atoms with Crippen molar-refractivity contribution in [1.82, 2.24) is 9.97 Å². The summed E-state index contributed by atoms with van der Waals surface area (Å²) in [6.45, 7) is 0.336. The Morgan fingerprint density at radius 2 is 1.93 bits per heavy atom. The van der Waals surface area contributed by atoms with Gasteiger partial charge in [-0.3, -0.25) is 4.79 Å². The summed E-state index contributed by atoms with van der Waals surface area (Å²) in [5.41, 5.74) is 2.06. The molecule has 0 aliphatic heterocycles. The first kappa shape index (κ1) is 19.8. The summed E-state index contributed by atoms with van der Waals surface area (Å²) in [6.07, 6.45) is -2.56. The number of pyridine rings is 1. The Morgan fingerprint density at radius 1 is 1.18 bits per heavy atom. The number of ether oxygens (including phenoxy) is 1. The van der Waals surface area contributed by atoms with E-state index in [-0.39, 0.29) is 11.8 Å². The molecular formula is C19H16F3N3O2S. The van der Waals surface area contributed by atoms with Crippen LogP contribution in [-0.2, 0) is 6.42 Å². The average Bonchev–Trinajstić information content (AvgIpc) is 3.01. The Kier molecular flexibility index (Phi) is 5.93. The number of thiazole rings is 1. The van der Waals surface area contributed by atoms with E-state index in [0.717, 1.165) is 10.6 Å². The van der Waals surface area contributed by atoms with Crippen LogP contribution < -0.4 is 10.1 Å². The number of halogens is 3. The van der Waals surface area contributed by atoms with Crippen LogP contribution in [-0.4, -0.2) is 28.7 Å². The first-order valence-corrected chi connectivity index (χ1v) is 9.09. The molecule has 0 unspecified atom stereocenters. The topological polar surface area (TPSA) is 64.1 Å². The number of amides is 1. The summed E-state index contributed by atoms with van der Waals surface area (Å²) in [6, 6.07) is 12.5. The van der Waals surface area contributed by atoms with E-state index in [1.54, 1.807) is 6.92 Å². The summed E-state index contributed by atoms with van der Waals surface area (Å²) < 4.78 is 41.0. The zero-order chi connectivity index (χ0) is 20.1. The molecule has 0 radical (unpaired) electrons. The first-order chi connectivity index (χ1) is 13.3. The Hall–Kier alpha value is -2.94. The van der Waals surface area contributed by atoms with Gasteiger partial charge in [0.2, 0.25) is 5.88 Å². The minimum Gasteiger partial charge on any atom is -0.468 e. The fourth-order valence-electron chi connectivity index (χ4n) is 2.39. The van der Waals surface area contributed by atoms with E-state index in [4.69, 9.17) is 0 Å². The second-order valence-electron chi connectivity index (χ2n) is 5.93. The lowest BCUT2D eigenvalue weighted by molar-refractivity contribution is -0.154. The molecule has 1 aromatic carbocycles. The van der Waals surface area contributed by atoms with Crippen molar-refractivity contribution in [2.45, 2.75) is 19.5 Å². The SMILES string of the molecule is Cc1nc(Cc2ccccc2)sc1C(=O)Nc1ccc(OCC(F)(F)F)nc1. The molecule has 28 heavy (non-hydrogen) atoms. The monoisotopic (exact) mass is 407 g/mol. The molecule has 0 aliphatic carbocycles. The van der Waals surface area contributed by atoms with E-state index in [1.807, 2.05) is 30.3 Å². The van der Waals surface area contributed by atoms with Gasteiger partial charge < -0.3 is 10.1 Å². The third kappa shape index (κ3) is 5.53. The minimum atomic E-state index is -4.43. The number of nitrogens with one attached hydrogen (secondary N) is 1. The van der Waals surface area contributed by atoms with Crippen LogP contribution in [0.2, 0.25) is 0 Å². The van der Waals surface area contributed by atoms with Crippen LogP contribution >= 0.6 is 11.3 Å². The van der Waals surface area contributed by atoms with Gasteiger partial charge >= 0.3 is 6.18 Å². The van der Waals surface area contributed by atoms with Crippen molar-refractivity contribution in [3.63, 3.8) is 0 Å². The van der Waals surface area contributed by atoms with Crippen LogP contribution in [0.1, 0.15) is 25.9 Å². The van der Waals surface area contributed by atoms with Gasteiger partial charge in [0.1, 0.15) is 4.88 Å². The molecule has 0 fully saturated rings. The molecule has 0 saturated heterocycles. The number of anilines is 1. The summed E-state index contributed by atoms with van der Waals surface area (Å²) in [5.74, 6) is -0.519. The molecule has 0 aliphatic rings. The number of alkyl halides is 3. The summed E-state index contributed by atoms with van der Waals surface area (Å²) in [5, 5.41) is 3.49. The standard InChI is InChI=1S/C19H16F3N3O2S/c1-12-17(28-16(24-12)9-13-5-3-2-4-6-13)18(26)25-14-7-8-15(23-10-14)27-11-19(20,21)22/h2-8,10H,9,11H2,1H3,(H,25,26). The number of aromatic nitrogens is 2. The van der Waals surface area contributed by atoms with Crippen LogP contribution in [0.15, 0.2) is 48.7 Å². The fourth-order valence-corrected chi connectivity index (χ4v) is 3.39. The second kappa shape index (κ2) is 8.39. The number of carbonyl (C=O) groups excluding carboxylic acids is 1. The highest BCUT2D eigenvalue weighted by Gasteiger charge is 2.28. The number of hydrogen-bond acceptors (Lipinski definition) is 5. The maximum Gasteiger partial charge on any atom is 0.422 e. The zero-order valence-electron chi connectivity index (χ0n) is 14.8. The molecule has 5 nitrogen and oxygen atoms in total. The molecule has 2 heterocycles. The molecular weight excluding hydrogens is 391 g/mol. The van der Waals surface area contributed by atoms with Crippen molar-refractivity contribution in [2.24, 2.45) is 0 Å². The molecule has 9 heteroatoms. The van der Waals surface area contributed by atoms with Crippen LogP contribution in [0.5, 0.6) is 5.88 Å². The highest BCUT2D eigenvalue weighted by atomic mass is 32.1. The second-order valence-corrected chi connectivity index (χ2v) is 7.01. The lowest BCUT2D eigenvalue weighted by Gasteiger charge is -2.09. The molecule has 0 bridgehead atoms. The van der Waals surface area contributed by atoms with Crippen molar-refractivity contribution < 1.29 is 22.7 Å². The summed E-state index contributed by atoms with van der Waals surface area (Å²) >= 11 is 1.30. The first-order valence-electron chi connectivity index (χ1n) is 8.27. The highest BCUT2D eigenvalue weighted by Crippen LogP contribution is 2.23. The molecule has 3 aromatic rings. The molecule has 1 N–H and O–H groups in total. The van der Waals surface area contributed by atoms with Crippen LogP contribution in [0.25, 0.3) is 0 Å². The largest absolute Gasteiger partial charge is 0.468 e. The van der Waals surface area contributed by atoms with Gasteiger partial charge in [0.15, 0.2) is 6.61 Å². The molecule has 0 saturated carbocycles. The molecule has 0 spiro atoms. The van der Waals surface area contributed by atoms with Gasteiger partial charge in [-0.05, 0) is 18.6 Å². The maximum atomic E-state index is 12.5. The smallest absolute Gasteiger partial charge is 0.422 e. The van der Waals surface area contributed by atoms with E-state index in [1.165, 1.54) is 29.7 Å². The molecule has 146 valence electrons. The Bertz CT molecular complexity index is 941. The van der Waals surface area contributed by atoms with Gasteiger partial charge in [-0.1, -0.05) is 30.3 Å². The number of rotatable bonds is 6. The Labute approximate surface area is 163 Å². The number of carbonyl (C=O) groups is 1. The number of hydrogen-bond donors (Lipinski definition) is 1. The van der Waals surface area contributed by atoms with Gasteiger partial charge in [0.05, 0.1) is 22.6 Å².